The standard InChI is InChI=1S/C11H16F4N2OS/c1-7-5-19-9(17-7)3-8(16-2)4-18-6-11(14,15)10(12)13/h5,8,10,16H,3-4,6H2,1-2H3. The summed E-state index contributed by atoms with van der Waals surface area (Å²) in [5.74, 6) is -4.10. The molecule has 0 aromatic carbocycles. The monoisotopic (exact) mass is 300 g/mol. The average molecular weight is 300 g/mol. The molecule has 0 spiro atoms. The first-order chi connectivity index (χ1) is 8.85. The molecule has 0 aliphatic rings. The Morgan fingerprint density at radius 2 is 2.16 bits per heavy atom. The van der Waals surface area contributed by atoms with Crippen LogP contribution in [0.25, 0.3) is 0 Å². The number of halogens is 4. The van der Waals surface area contributed by atoms with E-state index >= 15 is 0 Å². The summed E-state index contributed by atoms with van der Waals surface area (Å²) in [6.07, 6.45) is -3.20. The van der Waals surface area contributed by atoms with E-state index in [1.165, 1.54) is 11.3 Å². The SMILES string of the molecule is CNC(COCC(F)(F)C(F)F)Cc1nc(C)cs1. The van der Waals surface area contributed by atoms with Gasteiger partial charge in [-0.1, -0.05) is 0 Å². The van der Waals surface area contributed by atoms with Gasteiger partial charge < -0.3 is 10.1 Å². The lowest BCUT2D eigenvalue weighted by Crippen LogP contribution is -2.37. The molecule has 0 saturated heterocycles. The number of likely N-dealkylation sites (N-methyl/N-ethyl adjacent to an activating group) is 1. The number of thiazole rings is 1. The third-order valence-electron chi connectivity index (χ3n) is 2.43. The smallest absolute Gasteiger partial charge is 0.330 e. The maximum absolute atomic E-state index is 12.6. The van der Waals surface area contributed by atoms with Crippen LogP contribution in [0.15, 0.2) is 5.38 Å². The van der Waals surface area contributed by atoms with E-state index in [9.17, 15) is 17.6 Å². The fraction of sp³-hybridized carbons (Fsp3) is 0.727. The number of nitrogens with zero attached hydrogens (tertiary/aromatic N) is 1. The average Bonchev–Trinajstić information content (AvgIpc) is 2.73. The molecule has 0 radical (unpaired) electrons. The molecule has 0 amide bonds. The molecule has 0 fully saturated rings. The van der Waals surface area contributed by atoms with E-state index in [0.29, 0.717) is 6.42 Å². The molecule has 1 aromatic heterocycles. The second-order valence-electron chi connectivity index (χ2n) is 4.15. The van der Waals surface area contributed by atoms with E-state index < -0.39 is 19.0 Å². The normalized spacial score (nSPS) is 14.1. The van der Waals surface area contributed by atoms with Gasteiger partial charge in [0.15, 0.2) is 0 Å². The van der Waals surface area contributed by atoms with Crippen LogP contribution in [0.3, 0.4) is 0 Å². The minimum absolute atomic E-state index is 0.0720. The Balaban J connectivity index is 2.37. The highest BCUT2D eigenvalue weighted by atomic mass is 32.1. The first kappa shape index (κ1) is 16.3. The van der Waals surface area contributed by atoms with E-state index in [4.69, 9.17) is 0 Å². The number of aryl methyl sites for hydroxylation is 1. The minimum Gasteiger partial charge on any atom is -0.373 e. The van der Waals surface area contributed by atoms with Crippen LogP contribution >= 0.6 is 11.3 Å². The Kier molecular flexibility index (Phi) is 6.15. The largest absolute Gasteiger partial charge is 0.373 e. The van der Waals surface area contributed by atoms with Gasteiger partial charge in [0.25, 0.3) is 0 Å². The van der Waals surface area contributed by atoms with Crippen LogP contribution < -0.4 is 5.32 Å². The summed E-state index contributed by atoms with van der Waals surface area (Å²) >= 11 is 1.46. The Morgan fingerprint density at radius 3 is 2.63 bits per heavy atom. The molecule has 19 heavy (non-hydrogen) atoms. The number of hydrogen-bond acceptors (Lipinski definition) is 4. The molecule has 8 heteroatoms. The highest BCUT2D eigenvalue weighted by molar-refractivity contribution is 7.09. The fourth-order valence-corrected chi connectivity index (χ4v) is 2.21. The molecule has 0 bridgehead atoms. The molecule has 0 saturated carbocycles. The van der Waals surface area contributed by atoms with Gasteiger partial charge in [-0.15, -0.1) is 11.3 Å². The van der Waals surface area contributed by atoms with Gasteiger partial charge in [0.2, 0.25) is 0 Å². The van der Waals surface area contributed by atoms with Crippen molar-refractivity contribution in [2.45, 2.75) is 31.7 Å². The van der Waals surface area contributed by atoms with Gasteiger partial charge in [0.1, 0.15) is 6.61 Å². The number of ether oxygens (including phenoxy) is 1. The van der Waals surface area contributed by atoms with E-state index in [2.05, 4.69) is 15.0 Å². The van der Waals surface area contributed by atoms with Crippen molar-refractivity contribution >= 4 is 11.3 Å². The van der Waals surface area contributed by atoms with Gasteiger partial charge in [-0.05, 0) is 14.0 Å². The lowest BCUT2D eigenvalue weighted by Gasteiger charge is -2.19. The van der Waals surface area contributed by atoms with Crippen LogP contribution in [0.2, 0.25) is 0 Å². The first-order valence-electron chi connectivity index (χ1n) is 5.67. The molecule has 0 aliphatic heterocycles. The zero-order valence-corrected chi connectivity index (χ0v) is 11.4. The summed E-state index contributed by atoms with van der Waals surface area (Å²) in [5.41, 5.74) is 0.889. The number of rotatable bonds is 8. The zero-order chi connectivity index (χ0) is 14.5. The third-order valence-corrected chi connectivity index (χ3v) is 3.42. The summed E-state index contributed by atoms with van der Waals surface area (Å²) in [7, 11) is 1.65. The molecule has 1 unspecified atom stereocenters. The topological polar surface area (TPSA) is 34.1 Å². The van der Waals surface area contributed by atoms with Crippen LogP contribution in [-0.2, 0) is 11.2 Å². The van der Waals surface area contributed by atoms with Crippen molar-refractivity contribution in [1.82, 2.24) is 10.3 Å². The fourth-order valence-electron chi connectivity index (χ4n) is 1.35. The maximum atomic E-state index is 12.6. The zero-order valence-electron chi connectivity index (χ0n) is 10.6. The van der Waals surface area contributed by atoms with Crippen molar-refractivity contribution in [2.75, 3.05) is 20.3 Å². The van der Waals surface area contributed by atoms with Crippen molar-refractivity contribution in [3.63, 3.8) is 0 Å². The van der Waals surface area contributed by atoms with E-state index in [1.807, 2.05) is 12.3 Å². The first-order valence-corrected chi connectivity index (χ1v) is 6.55. The van der Waals surface area contributed by atoms with E-state index in [0.717, 1.165) is 10.7 Å². The second kappa shape index (κ2) is 7.16. The molecule has 0 aliphatic carbocycles. The molecule has 1 aromatic rings. The maximum Gasteiger partial charge on any atom is 0.330 e. The Bertz CT molecular complexity index is 387. The third kappa shape index (κ3) is 5.42. The Morgan fingerprint density at radius 1 is 1.47 bits per heavy atom. The lowest BCUT2D eigenvalue weighted by atomic mass is 10.2. The lowest BCUT2D eigenvalue weighted by molar-refractivity contribution is -0.166. The van der Waals surface area contributed by atoms with Gasteiger partial charge in [0, 0.05) is 23.5 Å². The van der Waals surface area contributed by atoms with E-state index in [-0.39, 0.29) is 12.6 Å². The van der Waals surface area contributed by atoms with Crippen molar-refractivity contribution < 1.29 is 22.3 Å². The summed E-state index contributed by atoms with van der Waals surface area (Å²) < 4.78 is 53.8. The minimum atomic E-state index is -4.10. The summed E-state index contributed by atoms with van der Waals surface area (Å²) in [6.45, 7) is 0.505. The predicted octanol–water partition coefficient (Wildman–Crippen LogP) is 2.50. The molecule has 1 rings (SSSR count). The van der Waals surface area contributed by atoms with Crippen LogP contribution in [0.1, 0.15) is 10.7 Å². The summed E-state index contributed by atoms with van der Waals surface area (Å²) in [6, 6.07) is -0.237. The highest BCUT2D eigenvalue weighted by Crippen LogP contribution is 2.23. The second-order valence-corrected chi connectivity index (χ2v) is 5.09. The van der Waals surface area contributed by atoms with Gasteiger partial charge in [-0.25, -0.2) is 13.8 Å². The van der Waals surface area contributed by atoms with Crippen LogP contribution in [-0.4, -0.2) is 43.6 Å². The van der Waals surface area contributed by atoms with Gasteiger partial charge in [-0.3, -0.25) is 0 Å². The van der Waals surface area contributed by atoms with Gasteiger partial charge in [0.05, 0.1) is 11.6 Å². The highest BCUT2D eigenvalue weighted by Gasteiger charge is 2.41. The molecule has 3 nitrogen and oxygen atoms in total. The van der Waals surface area contributed by atoms with Crippen molar-refractivity contribution in [3.8, 4) is 0 Å². The Hall–Kier alpha value is -0.730. The number of hydrogen-bond donors (Lipinski definition) is 1. The predicted molar refractivity (Wildman–Crippen MR) is 65.2 cm³/mol. The molecular formula is C11H16F4N2OS. The van der Waals surface area contributed by atoms with Crippen LogP contribution in [0, 0.1) is 6.92 Å². The number of aromatic nitrogens is 1. The van der Waals surface area contributed by atoms with Gasteiger partial charge >= 0.3 is 12.3 Å². The molecule has 1 atom stereocenters. The van der Waals surface area contributed by atoms with Crippen molar-refractivity contribution in [1.29, 1.82) is 0 Å². The summed E-state index contributed by atoms with van der Waals surface area (Å²) in [4.78, 5) is 4.24. The molecule has 1 heterocycles. The van der Waals surface area contributed by atoms with Crippen molar-refractivity contribution in [2.24, 2.45) is 0 Å². The molecular weight excluding hydrogens is 284 g/mol. The number of nitrogens with one attached hydrogen (secondary N) is 1. The Labute approximate surface area is 113 Å². The van der Waals surface area contributed by atoms with Crippen LogP contribution in [0.5, 0.6) is 0 Å². The molecule has 110 valence electrons. The van der Waals surface area contributed by atoms with Crippen LogP contribution in [0.4, 0.5) is 17.6 Å². The quantitative estimate of drug-likeness (QED) is 0.749. The van der Waals surface area contributed by atoms with Crippen molar-refractivity contribution in [3.05, 3.63) is 16.1 Å². The molecule has 1 N–H and O–H groups in total. The van der Waals surface area contributed by atoms with Gasteiger partial charge in [-0.2, -0.15) is 8.78 Å². The number of alkyl halides is 4. The van der Waals surface area contributed by atoms with E-state index in [1.54, 1.807) is 7.05 Å². The summed E-state index contributed by atoms with van der Waals surface area (Å²) in [5, 5.41) is 5.62.